The zero-order chi connectivity index (χ0) is 9.97. The Kier molecular flexibility index (Phi) is 2.45. The molecule has 1 heterocycles. The maximum absolute atomic E-state index is 12.9. The molecular formula is C10H8FNOS. The van der Waals surface area contributed by atoms with Crippen molar-refractivity contribution in [1.29, 1.82) is 0 Å². The predicted octanol–water partition coefficient (Wildman–Crippen LogP) is 2.96. The van der Waals surface area contributed by atoms with Crippen LogP contribution in [0, 0.1) is 5.82 Å². The van der Waals surface area contributed by atoms with Gasteiger partial charge in [-0.15, -0.1) is 11.3 Å². The highest BCUT2D eigenvalue weighted by Crippen LogP contribution is 2.26. The number of hydrogen-bond acceptors (Lipinski definition) is 3. The molecule has 2 nitrogen and oxygen atoms in total. The van der Waals surface area contributed by atoms with Crippen molar-refractivity contribution < 1.29 is 9.13 Å². The average molecular weight is 209 g/mol. The van der Waals surface area contributed by atoms with Crippen LogP contribution < -0.4 is 4.74 Å². The standard InChI is InChI=1S/C10H8FNOS/c1-13-9-6-14-10(12-9)7-3-2-4-8(11)5-7/h2-6H,1H3. The number of benzene rings is 1. The Labute approximate surface area is 85.0 Å². The first-order chi connectivity index (χ1) is 6.79. The summed E-state index contributed by atoms with van der Waals surface area (Å²) in [6.45, 7) is 0. The molecule has 0 bridgehead atoms. The molecule has 0 spiro atoms. The molecule has 1 aromatic carbocycles. The minimum Gasteiger partial charge on any atom is -0.480 e. The summed E-state index contributed by atoms with van der Waals surface area (Å²) in [4.78, 5) is 4.17. The van der Waals surface area contributed by atoms with E-state index in [9.17, 15) is 4.39 Å². The topological polar surface area (TPSA) is 22.1 Å². The molecule has 1 aromatic heterocycles. The molecule has 2 aromatic rings. The number of halogens is 1. The van der Waals surface area contributed by atoms with Crippen LogP contribution in [0.15, 0.2) is 29.6 Å². The second kappa shape index (κ2) is 3.75. The van der Waals surface area contributed by atoms with Gasteiger partial charge in [0, 0.05) is 5.56 Å². The van der Waals surface area contributed by atoms with Crippen LogP contribution in [-0.4, -0.2) is 12.1 Å². The summed E-state index contributed by atoms with van der Waals surface area (Å²) >= 11 is 1.43. The molecule has 0 fully saturated rings. The molecule has 0 aliphatic rings. The van der Waals surface area contributed by atoms with Crippen molar-refractivity contribution in [3.8, 4) is 16.5 Å². The maximum Gasteiger partial charge on any atom is 0.224 e. The van der Waals surface area contributed by atoms with Crippen molar-refractivity contribution in [1.82, 2.24) is 4.98 Å². The Hall–Kier alpha value is -1.42. The van der Waals surface area contributed by atoms with E-state index in [-0.39, 0.29) is 5.82 Å². The monoisotopic (exact) mass is 209 g/mol. The number of rotatable bonds is 2. The van der Waals surface area contributed by atoms with Crippen LogP contribution in [0.1, 0.15) is 0 Å². The van der Waals surface area contributed by atoms with Crippen LogP contribution in [0.25, 0.3) is 10.6 Å². The van der Waals surface area contributed by atoms with E-state index in [1.54, 1.807) is 18.6 Å². The van der Waals surface area contributed by atoms with E-state index in [1.807, 2.05) is 6.07 Å². The van der Waals surface area contributed by atoms with Crippen molar-refractivity contribution in [2.45, 2.75) is 0 Å². The van der Waals surface area contributed by atoms with E-state index < -0.39 is 0 Å². The van der Waals surface area contributed by atoms with Gasteiger partial charge in [0.05, 0.1) is 12.5 Å². The minimum atomic E-state index is -0.253. The fourth-order valence-corrected chi connectivity index (χ4v) is 1.87. The highest BCUT2D eigenvalue weighted by Gasteiger charge is 2.04. The second-order valence-corrected chi connectivity index (χ2v) is 3.56. The van der Waals surface area contributed by atoms with Gasteiger partial charge in [-0.1, -0.05) is 12.1 Å². The number of thiazole rings is 1. The Balaban J connectivity index is 2.39. The molecule has 0 amide bonds. The van der Waals surface area contributed by atoms with Gasteiger partial charge in [-0.25, -0.2) is 9.37 Å². The summed E-state index contributed by atoms with van der Waals surface area (Å²) in [5.74, 6) is 0.311. The van der Waals surface area contributed by atoms with Crippen molar-refractivity contribution in [3.05, 3.63) is 35.5 Å². The highest BCUT2D eigenvalue weighted by molar-refractivity contribution is 7.13. The van der Waals surface area contributed by atoms with Crippen molar-refractivity contribution in [3.63, 3.8) is 0 Å². The SMILES string of the molecule is COc1csc(-c2cccc(F)c2)n1. The predicted molar refractivity (Wildman–Crippen MR) is 54.1 cm³/mol. The number of methoxy groups -OCH3 is 1. The van der Waals surface area contributed by atoms with E-state index in [4.69, 9.17) is 4.74 Å². The largest absolute Gasteiger partial charge is 0.480 e. The van der Waals surface area contributed by atoms with Gasteiger partial charge in [-0.2, -0.15) is 0 Å². The molecule has 4 heteroatoms. The molecule has 72 valence electrons. The molecular weight excluding hydrogens is 201 g/mol. The van der Waals surface area contributed by atoms with Crippen molar-refractivity contribution in [2.24, 2.45) is 0 Å². The van der Waals surface area contributed by atoms with Gasteiger partial charge >= 0.3 is 0 Å². The third kappa shape index (κ3) is 1.75. The van der Waals surface area contributed by atoms with E-state index in [0.29, 0.717) is 5.88 Å². The number of nitrogens with zero attached hydrogens (tertiary/aromatic N) is 1. The van der Waals surface area contributed by atoms with Gasteiger partial charge in [0.25, 0.3) is 0 Å². The Bertz CT molecular complexity index is 441. The third-order valence-electron chi connectivity index (χ3n) is 1.76. The molecule has 0 saturated heterocycles. The van der Waals surface area contributed by atoms with Gasteiger partial charge in [0.1, 0.15) is 10.8 Å². The van der Waals surface area contributed by atoms with Gasteiger partial charge in [0.2, 0.25) is 5.88 Å². The quantitative estimate of drug-likeness (QED) is 0.758. The summed E-state index contributed by atoms with van der Waals surface area (Å²) in [7, 11) is 1.56. The summed E-state index contributed by atoms with van der Waals surface area (Å²) in [5.41, 5.74) is 0.776. The summed E-state index contributed by atoms with van der Waals surface area (Å²) in [5, 5.41) is 2.56. The number of hydrogen-bond donors (Lipinski definition) is 0. The van der Waals surface area contributed by atoms with Crippen molar-refractivity contribution >= 4 is 11.3 Å². The van der Waals surface area contributed by atoms with Gasteiger partial charge in [0.15, 0.2) is 0 Å². The lowest BCUT2D eigenvalue weighted by Gasteiger charge is -1.95. The lowest BCUT2D eigenvalue weighted by Crippen LogP contribution is -1.82. The molecule has 0 atom stereocenters. The maximum atomic E-state index is 12.9. The van der Waals surface area contributed by atoms with Crippen LogP contribution >= 0.6 is 11.3 Å². The zero-order valence-corrected chi connectivity index (χ0v) is 8.34. The minimum absolute atomic E-state index is 0.253. The van der Waals surface area contributed by atoms with E-state index in [0.717, 1.165) is 10.6 Å². The van der Waals surface area contributed by atoms with Gasteiger partial charge in [-0.3, -0.25) is 0 Å². The summed E-state index contributed by atoms with van der Waals surface area (Å²) in [6, 6.07) is 6.35. The molecule has 0 aliphatic heterocycles. The molecule has 14 heavy (non-hydrogen) atoms. The lowest BCUT2D eigenvalue weighted by atomic mass is 10.2. The average Bonchev–Trinajstić information content (AvgIpc) is 2.66. The fourth-order valence-electron chi connectivity index (χ4n) is 1.11. The lowest BCUT2D eigenvalue weighted by molar-refractivity contribution is 0.401. The summed E-state index contributed by atoms with van der Waals surface area (Å²) in [6.07, 6.45) is 0. The van der Waals surface area contributed by atoms with Gasteiger partial charge in [-0.05, 0) is 12.1 Å². The van der Waals surface area contributed by atoms with E-state index >= 15 is 0 Å². The number of aromatic nitrogens is 1. The first-order valence-electron chi connectivity index (χ1n) is 4.05. The van der Waals surface area contributed by atoms with Crippen LogP contribution in [0.3, 0.4) is 0 Å². The first-order valence-corrected chi connectivity index (χ1v) is 4.93. The Morgan fingerprint density at radius 1 is 1.43 bits per heavy atom. The molecule has 2 rings (SSSR count). The molecule has 0 saturated carbocycles. The molecule has 0 N–H and O–H groups in total. The molecule has 0 unspecified atom stereocenters. The second-order valence-electron chi connectivity index (χ2n) is 2.71. The van der Waals surface area contributed by atoms with Gasteiger partial charge < -0.3 is 4.74 Å². The molecule has 0 aliphatic carbocycles. The first kappa shape index (κ1) is 9.15. The Morgan fingerprint density at radius 3 is 2.93 bits per heavy atom. The highest BCUT2D eigenvalue weighted by atomic mass is 32.1. The van der Waals surface area contributed by atoms with Crippen molar-refractivity contribution in [2.75, 3.05) is 7.11 Å². The van der Waals surface area contributed by atoms with E-state index in [1.165, 1.54) is 23.5 Å². The zero-order valence-electron chi connectivity index (χ0n) is 7.53. The van der Waals surface area contributed by atoms with Crippen LogP contribution in [-0.2, 0) is 0 Å². The fraction of sp³-hybridized carbons (Fsp3) is 0.100. The summed E-state index contributed by atoms with van der Waals surface area (Å²) < 4.78 is 17.8. The third-order valence-corrected chi connectivity index (χ3v) is 2.63. The normalized spacial score (nSPS) is 10.1. The van der Waals surface area contributed by atoms with Crippen LogP contribution in [0.5, 0.6) is 5.88 Å². The van der Waals surface area contributed by atoms with E-state index in [2.05, 4.69) is 4.98 Å². The molecule has 0 radical (unpaired) electrons. The number of ether oxygens (including phenoxy) is 1. The smallest absolute Gasteiger partial charge is 0.224 e. The van der Waals surface area contributed by atoms with Crippen LogP contribution in [0.2, 0.25) is 0 Å². The van der Waals surface area contributed by atoms with Crippen LogP contribution in [0.4, 0.5) is 4.39 Å². The Morgan fingerprint density at radius 2 is 2.29 bits per heavy atom.